The normalized spacial score (nSPS) is 10.6. The third-order valence-electron chi connectivity index (χ3n) is 5.04. The quantitative estimate of drug-likeness (QED) is 0.358. The number of anilines is 2. The van der Waals surface area contributed by atoms with Crippen molar-refractivity contribution in [3.8, 4) is 22.6 Å². The lowest BCUT2D eigenvalue weighted by Crippen LogP contribution is -2.19. The predicted molar refractivity (Wildman–Crippen MR) is 124 cm³/mol. The summed E-state index contributed by atoms with van der Waals surface area (Å²) in [5.74, 6) is 0.564. The number of aromatic nitrogens is 1. The second-order valence-corrected chi connectivity index (χ2v) is 7.01. The number of primary amides is 1. The summed E-state index contributed by atoms with van der Waals surface area (Å²) in [4.78, 5) is 27.5. The molecule has 0 aliphatic rings. The van der Waals surface area contributed by atoms with Crippen LogP contribution < -0.4 is 25.8 Å². The van der Waals surface area contributed by atoms with Gasteiger partial charge in [-0.15, -0.1) is 0 Å². The number of aromatic amines is 1. The van der Waals surface area contributed by atoms with Crippen molar-refractivity contribution in [3.63, 3.8) is 0 Å². The van der Waals surface area contributed by atoms with E-state index in [4.69, 9.17) is 15.2 Å². The van der Waals surface area contributed by atoms with Crippen LogP contribution in [0, 0.1) is 0 Å². The highest BCUT2D eigenvalue weighted by Crippen LogP contribution is 2.33. The van der Waals surface area contributed by atoms with Crippen LogP contribution in [0.2, 0.25) is 0 Å². The molecule has 0 spiro atoms. The van der Waals surface area contributed by atoms with Crippen LogP contribution in [0.1, 0.15) is 10.5 Å². The van der Waals surface area contributed by atoms with Crippen molar-refractivity contribution < 1.29 is 19.1 Å². The summed E-state index contributed by atoms with van der Waals surface area (Å²) in [6.07, 6.45) is 0. The Hall–Kier alpha value is -4.46. The largest absolute Gasteiger partial charge is 0.497 e. The number of H-pyrrole nitrogens is 1. The lowest BCUT2D eigenvalue weighted by atomic mass is 10.0. The minimum absolute atomic E-state index is 0.342. The molecular formula is C24H22N4O4. The molecule has 162 valence electrons. The third-order valence-corrected chi connectivity index (χ3v) is 5.04. The van der Waals surface area contributed by atoms with E-state index >= 15 is 0 Å². The van der Waals surface area contributed by atoms with Crippen LogP contribution in [0.3, 0.4) is 0 Å². The molecule has 8 nitrogen and oxygen atoms in total. The SMILES string of the molecule is COc1ccc(OC)c(NC(=O)Nc2ccc(-c3c(C(N)=O)[nH]c4ccccc34)cc2)c1. The maximum absolute atomic E-state index is 12.5. The Kier molecular flexibility index (Phi) is 5.67. The van der Waals surface area contributed by atoms with Gasteiger partial charge in [-0.05, 0) is 35.9 Å². The van der Waals surface area contributed by atoms with E-state index in [2.05, 4.69) is 15.6 Å². The Bertz CT molecular complexity index is 1300. The van der Waals surface area contributed by atoms with E-state index in [-0.39, 0.29) is 0 Å². The van der Waals surface area contributed by atoms with Gasteiger partial charge in [-0.3, -0.25) is 4.79 Å². The van der Waals surface area contributed by atoms with Crippen molar-refractivity contribution in [3.05, 3.63) is 72.4 Å². The maximum atomic E-state index is 12.5. The van der Waals surface area contributed by atoms with E-state index in [0.717, 1.165) is 22.0 Å². The van der Waals surface area contributed by atoms with Gasteiger partial charge in [0.1, 0.15) is 17.2 Å². The van der Waals surface area contributed by atoms with Crippen LogP contribution in [0.15, 0.2) is 66.7 Å². The van der Waals surface area contributed by atoms with E-state index in [1.807, 2.05) is 36.4 Å². The summed E-state index contributed by atoms with van der Waals surface area (Å²) in [7, 11) is 3.07. The molecule has 4 rings (SSSR count). The van der Waals surface area contributed by atoms with Gasteiger partial charge in [0, 0.05) is 28.2 Å². The number of fused-ring (bicyclic) bond motifs is 1. The number of carbonyl (C=O) groups is 2. The highest BCUT2D eigenvalue weighted by molar-refractivity contribution is 6.09. The zero-order valence-electron chi connectivity index (χ0n) is 17.6. The minimum Gasteiger partial charge on any atom is -0.497 e. The molecule has 1 aromatic heterocycles. The molecule has 0 bridgehead atoms. The van der Waals surface area contributed by atoms with Gasteiger partial charge < -0.3 is 30.8 Å². The molecule has 0 atom stereocenters. The molecule has 0 saturated heterocycles. The van der Waals surface area contributed by atoms with E-state index in [0.29, 0.717) is 28.6 Å². The van der Waals surface area contributed by atoms with Crippen molar-refractivity contribution in [1.82, 2.24) is 4.98 Å². The molecule has 0 aliphatic carbocycles. The molecule has 5 N–H and O–H groups in total. The Labute approximate surface area is 184 Å². The number of methoxy groups -OCH3 is 2. The summed E-state index contributed by atoms with van der Waals surface area (Å²) in [5.41, 5.74) is 9.33. The number of benzene rings is 3. The number of carbonyl (C=O) groups excluding carboxylic acids is 2. The van der Waals surface area contributed by atoms with Gasteiger partial charge in [0.15, 0.2) is 0 Å². The standard InChI is InChI=1S/C24H22N4O4/c1-31-16-11-12-20(32-2)19(13-16)28-24(30)26-15-9-7-14(8-10-15)21-17-5-3-4-6-18(17)27-22(21)23(25)29/h3-13,27H,1-2H3,(H2,25,29)(H2,26,28,30). The molecule has 3 aromatic carbocycles. The highest BCUT2D eigenvalue weighted by atomic mass is 16.5. The van der Waals surface area contributed by atoms with E-state index in [1.54, 1.807) is 37.4 Å². The van der Waals surface area contributed by atoms with Gasteiger partial charge in [-0.1, -0.05) is 30.3 Å². The average Bonchev–Trinajstić information content (AvgIpc) is 3.19. The van der Waals surface area contributed by atoms with Crippen LogP contribution in [-0.4, -0.2) is 31.1 Å². The molecule has 0 unspecified atom stereocenters. The smallest absolute Gasteiger partial charge is 0.323 e. The van der Waals surface area contributed by atoms with E-state index < -0.39 is 11.9 Å². The monoisotopic (exact) mass is 430 g/mol. The van der Waals surface area contributed by atoms with Crippen LogP contribution in [0.5, 0.6) is 11.5 Å². The van der Waals surface area contributed by atoms with Gasteiger partial charge >= 0.3 is 6.03 Å². The number of ether oxygens (including phenoxy) is 2. The molecule has 3 amide bonds. The third kappa shape index (κ3) is 4.06. The number of nitrogens with two attached hydrogens (primary N) is 1. The molecule has 0 radical (unpaired) electrons. The van der Waals surface area contributed by atoms with Crippen molar-refractivity contribution >= 4 is 34.2 Å². The summed E-state index contributed by atoms with van der Waals surface area (Å²) in [6.45, 7) is 0. The molecule has 0 fully saturated rings. The summed E-state index contributed by atoms with van der Waals surface area (Å²) >= 11 is 0. The number of rotatable bonds is 6. The minimum atomic E-state index is -0.537. The predicted octanol–water partition coefficient (Wildman–Crippen LogP) is 4.60. The maximum Gasteiger partial charge on any atom is 0.323 e. The fourth-order valence-electron chi connectivity index (χ4n) is 3.54. The molecule has 0 saturated carbocycles. The van der Waals surface area contributed by atoms with Crippen molar-refractivity contribution in [2.24, 2.45) is 5.73 Å². The Morgan fingerprint density at radius 3 is 2.34 bits per heavy atom. The Morgan fingerprint density at radius 1 is 0.906 bits per heavy atom. The first-order valence-electron chi connectivity index (χ1n) is 9.81. The Balaban J connectivity index is 1.56. The number of urea groups is 1. The van der Waals surface area contributed by atoms with Crippen LogP contribution in [-0.2, 0) is 0 Å². The number of hydrogen-bond donors (Lipinski definition) is 4. The summed E-state index contributed by atoms with van der Waals surface area (Å²) in [6, 6.07) is 19.4. The second kappa shape index (κ2) is 8.73. The summed E-state index contributed by atoms with van der Waals surface area (Å²) < 4.78 is 10.5. The summed E-state index contributed by atoms with van der Waals surface area (Å²) in [5, 5.41) is 6.43. The number of amides is 3. The van der Waals surface area contributed by atoms with E-state index in [9.17, 15) is 9.59 Å². The highest BCUT2D eigenvalue weighted by Gasteiger charge is 2.17. The van der Waals surface area contributed by atoms with Gasteiger partial charge in [-0.25, -0.2) is 4.79 Å². The van der Waals surface area contributed by atoms with Gasteiger partial charge in [0.2, 0.25) is 0 Å². The second-order valence-electron chi connectivity index (χ2n) is 7.01. The van der Waals surface area contributed by atoms with Gasteiger partial charge in [0.05, 0.1) is 19.9 Å². The first-order chi connectivity index (χ1) is 15.5. The van der Waals surface area contributed by atoms with Gasteiger partial charge in [0.25, 0.3) is 5.91 Å². The lowest BCUT2D eigenvalue weighted by Gasteiger charge is -2.13. The van der Waals surface area contributed by atoms with Crippen molar-refractivity contribution in [2.75, 3.05) is 24.9 Å². The molecule has 32 heavy (non-hydrogen) atoms. The van der Waals surface area contributed by atoms with Crippen LogP contribution >= 0.6 is 0 Å². The lowest BCUT2D eigenvalue weighted by molar-refractivity contribution is 0.0997. The van der Waals surface area contributed by atoms with Crippen LogP contribution in [0.4, 0.5) is 16.2 Å². The first-order valence-corrected chi connectivity index (χ1v) is 9.81. The Morgan fingerprint density at radius 2 is 1.66 bits per heavy atom. The van der Waals surface area contributed by atoms with Crippen molar-refractivity contribution in [2.45, 2.75) is 0 Å². The molecule has 0 aliphatic heterocycles. The fraction of sp³-hybridized carbons (Fsp3) is 0.0833. The zero-order valence-corrected chi connectivity index (χ0v) is 17.6. The molecular weight excluding hydrogens is 408 g/mol. The fourth-order valence-corrected chi connectivity index (χ4v) is 3.54. The number of hydrogen-bond acceptors (Lipinski definition) is 4. The van der Waals surface area contributed by atoms with Crippen LogP contribution in [0.25, 0.3) is 22.0 Å². The van der Waals surface area contributed by atoms with E-state index in [1.165, 1.54) is 7.11 Å². The van der Waals surface area contributed by atoms with Gasteiger partial charge in [-0.2, -0.15) is 0 Å². The number of para-hydroxylation sites is 1. The zero-order chi connectivity index (χ0) is 22.7. The molecule has 4 aromatic rings. The molecule has 8 heteroatoms. The van der Waals surface area contributed by atoms with Crippen molar-refractivity contribution in [1.29, 1.82) is 0 Å². The molecule has 1 heterocycles. The average molecular weight is 430 g/mol. The topological polar surface area (TPSA) is 118 Å². The number of nitrogens with one attached hydrogen (secondary N) is 3. The first kappa shape index (κ1) is 20.8.